The maximum Gasteiger partial charge on any atom is 0.328 e. The molecule has 3 N–H and O–H groups in total. The Bertz CT molecular complexity index is 886. The molecule has 0 spiro atoms. The van der Waals surface area contributed by atoms with Gasteiger partial charge in [-0.1, -0.05) is 49.0 Å². The lowest BCUT2D eigenvalue weighted by atomic mass is 10.0. The number of nitrogens with one attached hydrogen (secondary N) is 1. The van der Waals surface area contributed by atoms with E-state index in [2.05, 4.69) is 16.5 Å². The standard InChI is InChI=1S/C13H10N2O3S.C2H4O/c16-19(17,18)13-14-11-8-4-7-10(12(11)15-13)9-5-2-1-3-6-9;1-2-3/h1-8H,(H,14,15)(H,16,17,18);2-3H,1H2. The predicted octanol–water partition coefficient (Wildman–Crippen LogP) is 3.16. The Morgan fingerprint density at radius 1 is 1.09 bits per heavy atom. The van der Waals surface area contributed by atoms with Gasteiger partial charge in [0, 0.05) is 5.56 Å². The number of imidazole rings is 1. The van der Waals surface area contributed by atoms with Gasteiger partial charge >= 0.3 is 10.1 Å². The molecule has 114 valence electrons. The molecular weight excluding hydrogens is 304 g/mol. The van der Waals surface area contributed by atoms with Gasteiger partial charge in [0.2, 0.25) is 0 Å². The van der Waals surface area contributed by atoms with Crippen LogP contribution in [0.5, 0.6) is 0 Å². The van der Waals surface area contributed by atoms with E-state index in [1.165, 1.54) is 0 Å². The maximum absolute atomic E-state index is 11.1. The number of hydrogen-bond donors (Lipinski definition) is 3. The summed E-state index contributed by atoms with van der Waals surface area (Å²) >= 11 is 0. The van der Waals surface area contributed by atoms with Gasteiger partial charge in [-0.3, -0.25) is 4.55 Å². The van der Waals surface area contributed by atoms with Crippen molar-refractivity contribution in [3.8, 4) is 11.1 Å². The molecule has 0 saturated heterocycles. The van der Waals surface area contributed by atoms with Crippen LogP contribution in [0.4, 0.5) is 0 Å². The van der Waals surface area contributed by atoms with Gasteiger partial charge in [-0.05, 0) is 11.6 Å². The van der Waals surface area contributed by atoms with Gasteiger partial charge < -0.3 is 10.1 Å². The second-order valence-electron chi connectivity index (χ2n) is 4.27. The molecule has 0 bridgehead atoms. The molecule has 0 atom stereocenters. The maximum atomic E-state index is 11.1. The number of fused-ring (bicyclic) bond motifs is 1. The van der Waals surface area contributed by atoms with Gasteiger partial charge in [0.1, 0.15) is 0 Å². The molecule has 0 aliphatic heterocycles. The molecule has 0 fully saturated rings. The Morgan fingerprint density at radius 2 is 1.73 bits per heavy atom. The first-order valence-corrected chi connectivity index (χ1v) is 7.68. The molecule has 3 aromatic rings. The summed E-state index contributed by atoms with van der Waals surface area (Å²) in [5, 5.41) is 6.89. The molecule has 0 unspecified atom stereocenters. The minimum Gasteiger partial charge on any atom is -0.516 e. The first-order chi connectivity index (χ1) is 10.5. The van der Waals surface area contributed by atoms with Crippen molar-refractivity contribution in [2.75, 3.05) is 0 Å². The van der Waals surface area contributed by atoms with Gasteiger partial charge in [-0.25, -0.2) is 4.98 Å². The number of aromatic amines is 1. The van der Waals surface area contributed by atoms with Crippen molar-refractivity contribution in [2.45, 2.75) is 5.16 Å². The molecule has 1 heterocycles. The van der Waals surface area contributed by atoms with Crippen molar-refractivity contribution in [1.29, 1.82) is 0 Å². The minimum absolute atomic E-state index is 0.439. The Morgan fingerprint density at radius 3 is 2.32 bits per heavy atom. The SMILES string of the molecule is C=CO.O=S(=O)(O)c1nc2c(-c3ccccc3)cccc2[nH]1. The molecule has 1 aromatic heterocycles. The number of aliphatic hydroxyl groups is 1. The zero-order chi connectivity index (χ0) is 16.2. The molecule has 7 heteroatoms. The summed E-state index contributed by atoms with van der Waals surface area (Å²) < 4.78 is 31.3. The second-order valence-corrected chi connectivity index (χ2v) is 5.60. The van der Waals surface area contributed by atoms with E-state index in [-0.39, 0.29) is 0 Å². The third kappa shape index (κ3) is 3.33. The summed E-state index contributed by atoms with van der Waals surface area (Å²) in [7, 11) is -4.33. The Labute approximate surface area is 127 Å². The number of benzene rings is 2. The number of nitrogens with zero attached hydrogens (tertiary/aromatic N) is 1. The first kappa shape index (κ1) is 15.7. The summed E-state index contributed by atoms with van der Waals surface area (Å²) in [6, 6.07) is 14.9. The monoisotopic (exact) mass is 318 g/mol. The second kappa shape index (κ2) is 6.42. The van der Waals surface area contributed by atoms with E-state index in [1.807, 2.05) is 36.4 Å². The number of rotatable bonds is 2. The van der Waals surface area contributed by atoms with E-state index >= 15 is 0 Å². The smallest absolute Gasteiger partial charge is 0.328 e. The van der Waals surface area contributed by atoms with Crippen molar-refractivity contribution < 1.29 is 18.1 Å². The molecule has 0 amide bonds. The number of para-hydroxylation sites is 1. The van der Waals surface area contributed by atoms with E-state index < -0.39 is 15.3 Å². The van der Waals surface area contributed by atoms with Gasteiger partial charge in [0.15, 0.2) is 0 Å². The van der Waals surface area contributed by atoms with Crippen molar-refractivity contribution >= 4 is 21.2 Å². The average molecular weight is 318 g/mol. The molecule has 6 nitrogen and oxygen atoms in total. The molecule has 3 rings (SSSR count). The Balaban J connectivity index is 0.000000545. The fourth-order valence-electron chi connectivity index (χ4n) is 1.98. The average Bonchev–Trinajstić information content (AvgIpc) is 2.93. The fourth-order valence-corrected chi connectivity index (χ4v) is 2.43. The first-order valence-electron chi connectivity index (χ1n) is 6.24. The number of hydrogen-bond acceptors (Lipinski definition) is 4. The van der Waals surface area contributed by atoms with Crippen LogP contribution in [-0.4, -0.2) is 28.0 Å². The van der Waals surface area contributed by atoms with E-state index in [9.17, 15) is 8.42 Å². The van der Waals surface area contributed by atoms with Crippen LogP contribution in [0.1, 0.15) is 0 Å². The van der Waals surface area contributed by atoms with Crippen molar-refractivity contribution in [3.05, 3.63) is 61.4 Å². The Kier molecular flexibility index (Phi) is 4.59. The van der Waals surface area contributed by atoms with E-state index in [0.29, 0.717) is 11.0 Å². The van der Waals surface area contributed by atoms with Crippen LogP contribution in [0.15, 0.2) is 66.5 Å². The van der Waals surface area contributed by atoms with Crippen molar-refractivity contribution in [3.63, 3.8) is 0 Å². The summed E-state index contributed by atoms with van der Waals surface area (Å²) in [6.07, 6.45) is 0.750. The highest BCUT2D eigenvalue weighted by molar-refractivity contribution is 7.85. The topological polar surface area (TPSA) is 103 Å². The third-order valence-electron chi connectivity index (χ3n) is 2.82. The largest absolute Gasteiger partial charge is 0.516 e. The summed E-state index contributed by atoms with van der Waals surface area (Å²) in [5.41, 5.74) is 2.82. The predicted molar refractivity (Wildman–Crippen MR) is 84.2 cm³/mol. The number of aromatic nitrogens is 2. The van der Waals surface area contributed by atoms with Crippen molar-refractivity contribution in [1.82, 2.24) is 9.97 Å². The quantitative estimate of drug-likeness (QED) is 0.497. The summed E-state index contributed by atoms with van der Waals surface area (Å²) in [6.45, 7) is 2.92. The molecule has 22 heavy (non-hydrogen) atoms. The molecule has 2 aromatic carbocycles. The molecule has 0 radical (unpaired) electrons. The van der Waals surface area contributed by atoms with E-state index in [1.54, 1.807) is 12.1 Å². The van der Waals surface area contributed by atoms with Crippen LogP contribution in [0.3, 0.4) is 0 Å². The Hall–Kier alpha value is -2.64. The lowest BCUT2D eigenvalue weighted by Gasteiger charge is -2.01. The molecule has 0 saturated carbocycles. The number of H-pyrrole nitrogens is 1. The highest BCUT2D eigenvalue weighted by Crippen LogP contribution is 2.27. The highest BCUT2D eigenvalue weighted by atomic mass is 32.2. The number of aliphatic hydroxyl groups excluding tert-OH is 1. The molecular formula is C15H14N2O4S. The zero-order valence-electron chi connectivity index (χ0n) is 11.5. The minimum atomic E-state index is -4.33. The van der Waals surface area contributed by atoms with Crippen LogP contribution < -0.4 is 0 Å². The third-order valence-corrected chi connectivity index (χ3v) is 3.50. The lowest BCUT2D eigenvalue weighted by molar-refractivity contribution is 0.475. The molecule has 0 aliphatic carbocycles. The van der Waals surface area contributed by atoms with Gasteiger partial charge in [-0.15, -0.1) is 0 Å². The van der Waals surface area contributed by atoms with Gasteiger partial charge in [-0.2, -0.15) is 8.42 Å². The normalized spacial score (nSPS) is 10.8. The van der Waals surface area contributed by atoms with E-state index in [0.717, 1.165) is 17.4 Å². The summed E-state index contributed by atoms with van der Waals surface area (Å²) in [4.78, 5) is 6.56. The van der Waals surface area contributed by atoms with Crippen LogP contribution >= 0.6 is 0 Å². The summed E-state index contributed by atoms with van der Waals surface area (Å²) in [5.74, 6) is 0. The van der Waals surface area contributed by atoms with Crippen LogP contribution in [-0.2, 0) is 10.1 Å². The van der Waals surface area contributed by atoms with Crippen LogP contribution in [0.2, 0.25) is 0 Å². The molecule has 0 aliphatic rings. The lowest BCUT2D eigenvalue weighted by Crippen LogP contribution is -1.99. The fraction of sp³-hybridized carbons (Fsp3) is 0. The van der Waals surface area contributed by atoms with Gasteiger partial charge in [0.05, 0.1) is 17.3 Å². The zero-order valence-corrected chi connectivity index (χ0v) is 12.3. The van der Waals surface area contributed by atoms with Crippen LogP contribution in [0.25, 0.3) is 22.2 Å². The highest BCUT2D eigenvalue weighted by Gasteiger charge is 2.17. The van der Waals surface area contributed by atoms with Crippen LogP contribution in [0, 0.1) is 0 Å². The van der Waals surface area contributed by atoms with Gasteiger partial charge in [0.25, 0.3) is 5.16 Å². The van der Waals surface area contributed by atoms with Crippen molar-refractivity contribution in [2.24, 2.45) is 0 Å². The van der Waals surface area contributed by atoms with E-state index in [4.69, 9.17) is 9.66 Å².